The fourth-order valence-corrected chi connectivity index (χ4v) is 1.62. The molecule has 0 aliphatic rings. The molecule has 0 aromatic carbocycles. The van der Waals surface area contributed by atoms with Gasteiger partial charge in [0, 0.05) is 24.3 Å². The highest BCUT2D eigenvalue weighted by molar-refractivity contribution is 7.80. The highest BCUT2D eigenvalue weighted by Gasteiger charge is 2.07. The van der Waals surface area contributed by atoms with Crippen molar-refractivity contribution >= 4 is 23.0 Å². The van der Waals surface area contributed by atoms with Gasteiger partial charge in [-0.3, -0.25) is 0 Å². The van der Waals surface area contributed by atoms with Crippen LogP contribution in [-0.2, 0) is 0 Å². The molecule has 0 saturated heterocycles. The largest absolute Gasteiger partial charge is 0.389 e. The fraction of sp³-hybridized carbons (Fsp3) is 0.455. The number of aryl methyl sites for hydroxylation is 1. The van der Waals surface area contributed by atoms with Crippen molar-refractivity contribution in [2.24, 2.45) is 5.73 Å². The molecule has 1 aromatic heterocycles. The number of aromatic nitrogens is 1. The molecule has 2 N–H and O–H groups in total. The summed E-state index contributed by atoms with van der Waals surface area (Å²) < 4.78 is 0. The first-order valence-corrected chi connectivity index (χ1v) is 5.52. The first-order chi connectivity index (χ1) is 7.08. The molecule has 15 heavy (non-hydrogen) atoms. The van der Waals surface area contributed by atoms with Crippen LogP contribution in [-0.4, -0.2) is 23.1 Å². The maximum absolute atomic E-state index is 5.62. The van der Waals surface area contributed by atoms with Crippen LogP contribution in [0, 0.1) is 6.92 Å². The third kappa shape index (κ3) is 2.89. The zero-order valence-corrected chi connectivity index (χ0v) is 10.3. The number of nitrogens with two attached hydrogens (primary N) is 1. The van der Waals surface area contributed by atoms with Gasteiger partial charge in [0.2, 0.25) is 0 Å². The molecule has 0 radical (unpaired) electrons. The molecule has 3 nitrogen and oxygen atoms in total. The van der Waals surface area contributed by atoms with Crippen molar-refractivity contribution in [3.63, 3.8) is 0 Å². The second-order valence-corrected chi connectivity index (χ2v) is 3.83. The smallest absolute Gasteiger partial charge is 0.129 e. The minimum Gasteiger partial charge on any atom is -0.389 e. The van der Waals surface area contributed by atoms with Gasteiger partial charge < -0.3 is 10.6 Å². The minimum atomic E-state index is 0.425. The number of pyridine rings is 1. The molecule has 0 amide bonds. The Labute approximate surface area is 96.3 Å². The van der Waals surface area contributed by atoms with E-state index in [-0.39, 0.29) is 0 Å². The van der Waals surface area contributed by atoms with E-state index >= 15 is 0 Å². The lowest BCUT2D eigenvalue weighted by Crippen LogP contribution is -2.24. The van der Waals surface area contributed by atoms with E-state index in [0.717, 1.165) is 30.2 Å². The maximum Gasteiger partial charge on any atom is 0.129 e. The van der Waals surface area contributed by atoms with Gasteiger partial charge in [-0.25, -0.2) is 4.98 Å². The molecule has 0 spiro atoms. The van der Waals surface area contributed by atoms with E-state index in [0.29, 0.717) is 4.99 Å². The third-order valence-corrected chi connectivity index (χ3v) is 2.55. The molecule has 4 heteroatoms. The van der Waals surface area contributed by atoms with Gasteiger partial charge >= 0.3 is 0 Å². The maximum atomic E-state index is 5.62. The molecule has 0 bridgehead atoms. The predicted molar refractivity (Wildman–Crippen MR) is 68.4 cm³/mol. The summed E-state index contributed by atoms with van der Waals surface area (Å²) in [5.74, 6) is 0.947. The molecule has 82 valence electrons. The summed E-state index contributed by atoms with van der Waals surface area (Å²) in [5, 5.41) is 0. The lowest BCUT2D eigenvalue weighted by Gasteiger charge is -2.20. The van der Waals surface area contributed by atoms with Crippen molar-refractivity contribution in [3.8, 4) is 0 Å². The Morgan fingerprint density at radius 2 is 2.00 bits per heavy atom. The average molecular weight is 223 g/mol. The van der Waals surface area contributed by atoms with E-state index in [4.69, 9.17) is 18.0 Å². The fourth-order valence-electron chi connectivity index (χ4n) is 1.50. The minimum absolute atomic E-state index is 0.425. The Bertz CT molecular complexity index is 359. The third-order valence-electron chi connectivity index (χ3n) is 2.31. The topological polar surface area (TPSA) is 42.1 Å². The summed E-state index contributed by atoms with van der Waals surface area (Å²) in [7, 11) is 0. The second kappa shape index (κ2) is 5.07. The van der Waals surface area contributed by atoms with Crippen LogP contribution in [0.1, 0.15) is 25.1 Å². The number of nitrogens with zero attached hydrogens (tertiary/aromatic N) is 2. The first kappa shape index (κ1) is 11.9. The van der Waals surface area contributed by atoms with Crippen LogP contribution in [0.3, 0.4) is 0 Å². The van der Waals surface area contributed by atoms with Gasteiger partial charge in [0.15, 0.2) is 0 Å². The summed E-state index contributed by atoms with van der Waals surface area (Å²) in [5.41, 5.74) is 7.45. The van der Waals surface area contributed by atoms with Crippen molar-refractivity contribution in [2.75, 3.05) is 18.0 Å². The predicted octanol–water partition coefficient (Wildman–Crippen LogP) is 1.87. The van der Waals surface area contributed by atoms with Crippen molar-refractivity contribution in [3.05, 3.63) is 23.4 Å². The van der Waals surface area contributed by atoms with Gasteiger partial charge in [-0.05, 0) is 32.9 Å². The number of anilines is 1. The number of thiocarbonyl (C=S) groups is 1. The molecule has 0 atom stereocenters. The Kier molecular flexibility index (Phi) is 4.03. The summed E-state index contributed by atoms with van der Waals surface area (Å²) in [4.78, 5) is 7.07. The SMILES string of the molecule is CCN(CC)c1cc(C(N)=S)cc(C)n1. The van der Waals surface area contributed by atoms with Crippen LogP contribution in [0.4, 0.5) is 5.82 Å². The summed E-state index contributed by atoms with van der Waals surface area (Å²) in [6.45, 7) is 8.03. The molecule has 1 rings (SSSR count). The van der Waals surface area contributed by atoms with Crippen molar-refractivity contribution in [1.82, 2.24) is 4.98 Å². The average Bonchev–Trinajstić information content (AvgIpc) is 2.18. The number of hydrogen-bond acceptors (Lipinski definition) is 3. The molecule has 1 aromatic rings. The van der Waals surface area contributed by atoms with Crippen LogP contribution in [0.5, 0.6) is 0 Å². The highest BCUT2D eigenvalue weighted by atomic mass is 32.1. The Morgan fingerprint density at radius 3 is 2.47 bits per heavy atom. The van der Waals surface area contributed by atoms with Gasteiger partial charge in [0.1, 0.15) is 10.8 Å². The Hall–Kier alpha value is -1.16. The van der Waals surface area contributed by atoms with Crippen LogP contribution in [0.15, 0.2) is 12.1 Å². The molecule has 0 unspecified atom stereocenters. The van der Waals surface area contributed by atoms with E-state index in [2.05, 4.69) is 23.7 Å². The van der Waals surface area contributed by atoms with Gasteiger partial charge in [0.05, 0.1) is 0 Å². The number of hydrogen-bond donors (Lipinski definition) is 1. The summed E-state index contributed by atoms with van der Waals surface area (Å²) in [6, 6.07) is 3.86. The second-order valence-electron chi connectivity index (χ2n) is 3.39. The molecule has 0 saturated carbocycles. The normalized spacial score (nSPS) is 10.1. The monoisotopic (exact) mass is 223 g/mol. The lowest BCUT2D eigenvalue weighted by molar-refractivity contribution is 0.842. The van der Waals surface area contributed by atoms with E-state index < -0.39 is 0 Å². The zero-order valence-electron chi connectivity index (χ0n) is 9.45. The van der Waals surface area contributed by atoms with E-state index in [1.165, 1.54) is 0 Å². The molecule has 1 heterocycles. The molecule has 0 aliphatic heterocycles. The van der Waals surface area contributed by atoms with Crippen LogP contribution < -0.4 is 10.6 Å². The summed E-state index contributed by atoms with van der Waals surface area (Å²) in [6.07, 6.45) is 0. The quantitative estimate of drug-likeness (QED) is 0.791. The van der Waals surface area contributed by atoms with E-state index in [1.807, 2.05) is 19.1 Å². The van der Waals surface area contributed by atoms with Crippen molar-refractivity contribution in [1.29, 1.82) is 0 Å². The zero-order chi connectivity index (χ0) is 11.4. The lowest BCUT2D eigenvalue weighted by atomic mass is 10.2. The summed E-state index contributed by atoms with van der Waals surface area (Å²) >= 11 is 4.97. The standard InChI is InChI=1S/C11H17N3S/c1-4-14(5-2)10-7-9(11(12)15)6-8(3)13-10/h6-7H,4-5H2,1-3H3,(H2,12,15). The molecular formula is C11H17N3S. The molecule has 0 fully saturated rings. The van der Waals surface area contributed by atoms with Gasteiger partial charge in [-0.1, -0.05) is 12.2 Å². The van der Waals surface area contributed by atoms with Gasteiger partial charge in [-0.2, -0.15) is 0 Å². The van der Waals surface area contributed by atoms with Crippen LogP contribution >= 0.6 is 12.2 Å². The van der Waals surface area contributed by atoms with Gasteiger partial charge in [-0.15, -0.1) is 0 Å². The molecular weight excluding hydrogens is 206 g/mol. The Balaban J connectivity index is 3.13. The highest BCUT2D eigenvalue weighted by Crippen LogP contribution is 2.14. The van der Waals surface area contributed by atoms with Gasteiger partial charge in [0.25, 0.3) is 0 Å². The van der Waals surface area contributed by atoms with Crippen molar-refractivity contribution < 1.29 is 0 Å². The Morgan fingerprint density at radius 1 is 1.40 bits per heavy atom. The number of rotatable bonds is 4. The van der Waals surface area contributed by atoms with E-state index in [1.54, 1.807) is 0 Å². The van der Waals surface area contributed by atoms with E-state index in [9.17, 15) is 0 Å². The molecule has 0 aliphatic carbocycles. The van der Waals surface area contributed by atoms with Crippen LogP contribution in [0.25, 0.3) is 0 Å². The van der Waals surface area contributed by atoms with Crippen LogP contribution in [0.2, 0.25) is 0 Å². The first-order valence-electron chi connectivity index (χ1n) is 5.11. The van der Waals surface area contributed by atoms with Crippen molar-refractivity contribution in [2.45, 2.75) is 20.8 Å².